The molecule has 0 atom stereocenters. The Balaban J connectivity index is 2.21. The highest BCUT2D eigenvalue weighted by Gasteiger charge is 2.36. The molecule has 1 saturated heterocycles. The van der Waals surface area contributed by atoms with Crippen LogP contribution in [0.15, 0.2) is 23.1 Å². The largest absolute Gasteiger partial charge is 0.493 e. The molecule has 0 unspecified atom stereocenters. The third kappa shape index (κ3) is 4.63. The molecule has 0 N–H and O–H groups in total. The molecular weight excluding hydrogens is 362 g/mol. The van der Waals surface area contributed by atoms with E-state index in [-0.39, 0.29) is 17.3 Å². The van der Waals surface area contributed by atoms with Gasteiger partial charge in [-0.15, -0.1) is 0 Å². The molecule has 1 aliphatic rings. The number of esters is 2. The van der Waals surface area contributed by atoms with Gasteiger partial charge in [-0.3, -0.25) is 24.1 Å². The van der Waals surface area contributed by atoms with E-state index in [0.717, 1.165) is 16.7 Å². The van der Waals surface area contributed by atoms with Gasteiger partial charge in [0.15, 0.2) is 11.5 Å². The first-order valence-electron chi connectivity index (χ1n) is 7.63. The van der Waals surface area contributed by atoms with Crippen LogP contribution in [0.4, 0.5) is 4.79 Å². The van der Waals surface area contributed by atoms with Crippen LogP contribution in [0.5, 0.6) is 11.5 Å². The standard InChI is InChI=1S/C17H17NO7S/c1-4-24-15(20)9-18-16(21)14(26-17(18)22)8-11-5-6-12(25-10(2)19)13(7-11)23-3/h5-8H,4,9H2,1-3H3/b14-8-. The zero-order chi connectivity index (χ0) is 19.3. The third-order valence-corrected chi connectivity index (χ3v) is 4.11. The fourth-order valence-electron chi connectivity index (χ4n) is 2.14. The van der Waals surface area contributed by atoms with E-state index >= 15 is 0 Å². The van der Waals surface area contributed by atoms with Crippen molar-refractivity contribution in [3.05, 3.63) is 28.7 Å². The van der Waals surface area contributed by atoms with Gasteiger partial charge in [-0.25, -0.2) is 0 Å². The quantitative estimate of drug-likeness (QED) is 0.421. The number of hydrogen-bond acceptors (Lipinski definition) is 8. The number of methoxy groups -OCH3 is 1. The van der Waals surface area contributed by atoms with Crippen molar-refractivity contribution in [2.75, 3.05) is 20.3 Å². The van der Waals surface area contributed by atoms with E-state index in [0.29, 0.717) is 11.3 Å². The molecule has 0 saturated carbocycles. The van der Waals surface area contributed by atoms with Crippen LogP contribution in [0.3, 0.4) is 0 Å². The van der Waals surface area contributed by atoms with Gasteiger partial charge >= 0.3 is 11.9 Å². The SMILES string of the molecule is CCOC(=O)CN1C(=O)S/C(=C\c2ccc(OC(C)=O)c(OC)c2)C1=O. The third-order valence-electron chi connectivity index (χ3n) is 3.21. The van der Waals surface area contributed by atoms with Gasteiger partial charge in [-0.2, -0.15) is 0 Å². The maximum Gasteiger partial charge on any atom is 0.326 e. The molecule has 0 bridgehead atoms. The second kappa shape index (κ2) is 8.52. The molecule has 8 nitrogen and oxygen atoms in total. The topological polar surface area (TPSA) is 99.2 Å². The fourth-order valence-corrected chi connectivity index (χ4v) is 2.97. The predicted molar refractivity (Wildman–Crippen MR) is 93.6 cm³/mol. The first-order valence-corrected chi connectivity index (χ1v) is 8.44. The minimum atomic E-state index is -0.650. The second-order valence-electron chi connectivity index (χ2n) is 5.08. The van der Waals surface area contributed by atoms with Crippen molar-refractivity contribution in [2.24, 2.45) is 0 Å². The Bertz CT molecular complexity index is 787. The average molecular weight is 379 g/mol. The molecule has 1 aromatic carbocycles. The Hall–Kier alpha value is -2.81. The minimum Gasteiger partial charge on any atom is -0.493 e. The van der Waals surface area contributed by atoms with E-state index in [9.17, 15) is 19.2 Å². The van der Waals surface area contributed by atoms with Crippen LogP contribution in [-0.2, 0) is 19.1 Å². The zero-order valence-electron chi connectivity index (χ0n) is 14.4. The average Bonchev–Trinajstić information content (AvgIpc) is 2.83. The lowest BCUT2D eigenvalue weighted by molar-refractivity contribution is -0.146. The van der Waals surface area contributed by atoms with E-state index in [4.69, 9.17) is 14.2 Å². The molecule has 1 heterocycles. The summed E-state index contributed by atoms with van der Waals surface area (Å²) >= 11 is 0.730. The Morgan fingerprint density at radius 2 is 1.96 bits per heavy atom. The fraction of sp³-hybridized carbons (Fsp3) is 0.294. The number of rotatable bonds is 6. The monoisotopic (exact) mass is 379 g/mol. The van der Waals surface area contributed by atoms with E-state index in [1.807, 2.05) is 0 Å². The molecular formula is C17H17NO7S. The van der Waals surface area contributed by atoms with E-state index in [1.54, 1.807) is 19.1 Å². The number of carbonyl (C=O) groups excluding carboxylic acids is 4. The van der Waals surface area contributed by atoms with Crippen LogP contribution in [0.1, 0.15) is 19.4 Å². The first-order chi connectivity index (χ1) is 12.3. The summed E-state index contributed by atoms with van der Waals surface area (Å²) in [5, 5.41) is -0.544. The van der Waals surface area contributed by atoms with Crippen LogP contribution in [-0.4, -0.2) is 48.2 Å². The van der Waals surface area contributed by atoms with Gasteiger partial charge in [0, 0.05) is 6.92 Å². The Labute approximate surface area is 154 Å². The summed E-state index contributed by atoms with van der Waals surface area (Å²) in [7, 11) is 1.42. The molecule has 9 heteroatoms. The Morgan fingerprint density at radius 1 is 1.23 bits per heavy atom. The smallest absolute Gasteiger partial charge is 0.326 e. The van der Waals surface area contributed by atoms with Gasteiger partial charge in [-0.1, -0.05) is 6.07 Å². The van der Waals surface area contributed by atoms with Crippen LogP contribution in [0.25, 0.3) is 6.08 Å². The molecule has 1 aliphatic heterocycles. The summed E-state index contributed by atoms with van der Waals surface area (Å²) < 4.78 is 14.9. The van der Waals surface area contributed by atoms with Gasteiger partial charge < -0.3 is 14.2 Å². The summed E-state index contributed by atoms with van der Waals surface area (Å²) in [6.07, 6.45) is 1.50. The molecule has 0 radical (unpaired) electrons. The van der Waals surface area contributed by atoms with Gasteiger partial charge in [0.2, 0.25) is 0 Å². The highest BCUT2D eigenvalue weighted by molar-refractivity contribution is 8.18. The minimum absolute atomic E-state index is 0.166. The highest BCUT2D eigenvalue weighted by Crippen LogP contribution is 2.34. The van der Waals surface area contributed by atoms with Crippen molar-refractivity contribution in [3.63, 3.8) is 0 Å². The molecule has 1 fully saturated rings. The summed E-state index contributed by atoms with van der Waals surface area (Å²) in [4.78, 5) is 47.9. The molecule has 138 valence electrons. The van der Waals surface area contributed by atoms with Crippen molar-refractivity contribution in [1.82, 2.24) is 4.90 Å². The maximum absolute atomic E-state index is 12.3. The lowest BCUT2D eigenvalue weighted by Gasteiger charge is -2.11. The number of ether oxygens (including phenoxy) is 3. The summed E-state index contributed by atoms with van der Waals surface area (Å²) in [6, 6.07) is 4.70. The first kappa shape index (κ1) is 19.5. The van der Waals surface area contributed by atoms with Gasteiger partial charge in [0.05, 0.1) is 18.6 Å². The van der Waals surface area contributed by atoms with E-state index < -0.39 is 29.6 Å². The van der Waals surface area contributed by atoms with Crippen molar-refractivity contribution in [1.29, 1.82) is 0 Å². The summed E-state index contributed by atoms with van der Waals surface area (Å²) in [5.41, 5.74) is 0.569. The molecule has 0 aromatic heterocycles. The summed E-state index contributed by atoms with van der Waals surface area (Å²) in [5.74, 6) is -1.16. The van der Waals surface area contributed by atoms with E-state index in [2.05, 4.69) is 0 Å². The molecule has 0 spiro atoms. The number of carbonyl (C=O) groups is 4. The van der Waals surface area contributed by atoms with Crippen LogP contribution in [0.2, 0.25) is 0 Å². The maximum atomic E-state index is 12.3. The molecule has 2 rings (SSSR count). The van der Waals surface area contributed by atoms with Crippen molar-refractivity contribution in [2.45, 2.75) is 13.8 Å². The Kier molecular flexibility index (Phi) is 6.40. The molecule has 2 amide bonds. The normalized spacial score (nSPS) is 15.3. The number of thioether (sulfide) groups is 1. The lowest BCUT2D eigenvalue weighted by atomic mass is 10.2. The predicted octanol–water partition coefficient (Wildman–Crippen LogP) is 2.22. The number of amides is 2. The van der Waals surface area contributed by atoms with Gasteiger partial charge in [0.25, 0.3) is 11.1 Å². The van der Waals surface area contributed by atoms with Crippen molar-refractivity contribution >= 4 is 40.9 Å². The van der Waals surface area contributed by atoms with Crippen LogP contribution < -0.4 is 9.47 Å². The number of benzene rings is 1. The highest BCUT2D eigenvalue weighted by atomic mass is 32.2. The lowest BCUT2D eigenvalue weighted by Crippen LogP contribution is -2.34. The Morgan fingerprint density at radius 3 is 2.58 bits per heavy atom. The van der Waals surface area contributed by atoms with Crippen molar-refractivity contribution < 1.29 is 33.4 Å². The zero-order valence-corrected chi connectivity index (χ0v) is 15.3. The molecule has 1 aromatic rings. The van der Waals surface area contributed by atoms with Crippen molar-refractivity contribution in [3.8, 4) is 11.5 Å². The van der Waals surface area contributed by atoms with Gasteiger partial charge in [-0.05, 0) is 42.5 Å². The molecule has 0 aliphatic carbocycles. The second-order valence-corrected chi connectivity index (χ2v) is 6.07. The number of hydrogen-bond donors (Lipinski definition) is 0. The van der Waals surface area contributed by atoms with Crippen LogP contribution >= 0.6 is 11.8 Å². The van der Waals surface area contributed by atoms with Gasteiger partial charge in [0.1, 0.15) is 6.54 Å². The summed E-state index contributed by atoms with van der Waals surface area (Å²) in [6.45, 7) is 2.65. The van der Waals surface area contributed by atoms with Crippen LogP contribution in [0, 0.1) is 0 Å². The number of nitrogens with zero attached hydrogens (tertiary/aromatic N) is 1. The number of imide groups is 1. The van der Waals surface area contributed by atoms with E-state index in [1.165, 1.54) is 26.2 Å². The molecule has 26 heavy (non-hydrogen) atoms.